The number of aromatic nitrogens is 2. The van der Waals surface area contributed by atoms with Crippen LogP contribution in [0.2, 0.25) is 5.15 Å². The van der Waals surface area contributed by atoms with Crippen molar-refractivity contribution in [2.24, 2.45) is 0 Å². The van der Waals surface area contributed by atoms with E-state index in [1.807, 2.05) is 20.8 Å². The second-order valence-corrected chi connectivity index (χ2v) is 7.01. The van der Waals surface area contributed by atoms with Crippen molar-refractivity contribution in [2.75, 3.05) is 6.54 Å². The van der Waals surface area contributed by atoms with Crippen LogP contribution in [-0.4, -0.2) is 34.7 Å². The average molecular weight is 316 g/mol. The molecule has 0 N–H and O–H groups in total. The lowest BCUT2D eigenvalue weighted by Crippen LogP contribution is -2.38. The summed E-state index contributed by atoms with van der Waals surface area (Å²) in [4.78, 5) is 4.10. The molecule has 0 fully saturated rings. The molecule has 0 atom stereocenters. The van der Waals surface area contributed by atoms with Gasteiger partial charge in [-0.3, -0.25) is 4.40 Å². The molecular weight excluding hydrogens is 298 g/mol. The van der Waals surface area contributed by atoms with Crippen LogP contribution in [0.25, 0.3) is 5.65 Å². The normalized spacial score (nSPS) is 12.7. The Hall–Kier alpha value is -1.11. The van der Waals surface area contributed by atoms with E-state index in [4.69, 9.17) is 11.6 Å². The highest BCUT2D eigenvalue weighted by molar-refractivity contribution is 7.89. The maximum absolute atomic E-state index is 12.8. The molecule has 2 rings (SSSR count). The van der Waals surface area contributed by atoms with Crippen LogP contribution in [0.4, 0.5) is 0 Å². The first kappa shape index (κ1) is 15.3. The van der Waals surface area contributed by atoms with Crippen molar-refractivity contribution in [1.29, 1.82) is 0 Å². The van der Waals surface area contributed by atoms with E-state index in [-0.39, 0.29) is 16.2 Å². The molecule has 5 nitrogen and oxygen atoms in total. The predicted molar refractivity (Wildman–Crippen MR) is 79.5 cm³/mol. The molecule has 0 saturated heterocycles. The monoisotopic (exact) mass is 315 g/mol. The van der Waals surface area contributed by atoms with Gasteiger partial charge in [-0.15, -0.1) is 0 Å². The minimum atomic E-state index is -3.67. The van der Waals surface area contributed by atoms with Crippen molar-refractivity contribution in [3.05, 3.63) is 29.5 Å². The van der Waals surface area contributed by atoms with Gasteiger partial charge in [-0.2, -0.15) is 4.31 Å². The number of halogens is 1. The molecule has 7 heteroatoms. The van der Waals surface area contributed by atoms with Crippen LogP contribution in [0.3, 0.4) is 0 Å². The molecule has 2 aromatic heterocycles. The van der Waals surface area contributed by atoms with Crippen LogP contribution in [0.1, 0.15) is 27.2 Å². The molecule has 2 heterocycles. The zero-order valence-electron chi connectivity index (χ0n) is 11.7. The van der Waals surface area contributed by atoms with Crippen LogP contribution in [0, 0.1) is 0 Å². The van der Waals surface area contributed by atoms with Crippen molar-refractivity contribution >= 4 is 27.3 Å². The molecule has 0 spiro atoms. The Labute approximate surface area is 124 Å². The summed E-state index contributed by atoms with van der Waals surface area (Å²) < 4.78 is 28.7. The summed E-state index contributed by atoms with van der Waals surface area (Å²) >= 11 is 6.06. The van der Waals surface area contributed by atoms with Crippen molar-refractivity contribution in [3.8, 4) is 0 Å². The van der Waals surface area contributed by atoms with Gasteiger partial charge in [0.1, 0.15) is 5.65 Å². The van der Waals surface area contributed by atoms with E-state index in [0.29, 0.717) is 12.2 Å². The molecular formula is C13H18ClN3O2S. The number of hydrogen-bond donors (Lipinski definition) is 0. The molecule has 0 unspecified atom stereocenters. The average Bonchev–Trinajstić information content (AvgIpc) is 2.71. The quantitative estimate of drug-likeness (QED) is 0.852. The molecule has 0 saturated carbocycles. The largest absolute Gasteiger partial charge is 0.288 e. The van der Waals surface area contributed by atoms with Gasteiger partial charge >= 0.3 is 0 Å². The molecule has 110 valence electrons. The smallest absolute Gasteiger partial charge is 0.262 e. The third kappa shape index (κ3) is 2.55. The lowest BCUT2D eigenvalue weighted by molar-refractivity contribution is 0.352. The molecule has 0 amide bonds. The Balaban J connectivity index is 2.65. The Bertz CT molecular complexity index is 709. The summed E-state index contributed by atoms with van der Waals surface area (Å²) in [6.45, 7) is 6.10. The summed E-state index contributed by atoms with van der Waals surface area (Å²) in [6, 6.07) is 5.14. The van der Waals surface area contributed by atoms with Gasteiger partial charge in [-0.05, 0) is 32.4 Å². The summed E-state index contributed by atoms with van der Waals surface area (Å²) in [7, 11) is -3.67. The summed E-state index contributed by atoms with van der Waals surface area (Å²) in [5, 5.41) is 0.0508. The van der Waals surface area contributed by atoms with Crippen molar-refractivity contribution < 1.29 is 8.42 Å². The highest BCUT2D eigenvalue weighted by atomic mass is 35.5. The Morgan fingerprint density at radius 3 is 2.70 bits per heavy atom. The third-order valence-corrected chi connectivity index (χ3v) is 5.50. The second kappa shape index (κ2) is 5.71. The van der Waals surface area contributed by atoms with E-state index in [1.54, 1.807) is 24.4 Å². The molecule has 0 bridgehead atoms. The first-order valence-electron chi connectivity index (χ1n) is 6.54. The highest BCUT2D eigenvalue weighted by Gasteiger charge is 2.32. The fourth-order valence-corrected chi connectivity index (χ4v) is 4.49. The fourth-order valence-electron chi connectivity index (χ4n) is 2.16. The fraction of sp³-hybridized carbons (Fsp3) is 0.462. The first-order chi connectivity index (χ1) is 9.39. The molecule has 0 aromatic carbocycles. The number of fused-ring (bicyclic) bond motifs is 1. The number of imidazole rings is 1. The van der Waals surface area contributed by atoms with Gasteiger partial charge in [0.25, 0.3) is 10.0 Å². The van der Waals surface area contributed by atoms with Gasteiger partial charge in [0.15, 0.2) is 10.2 Å². The van der Waals surface area contributed by atoms with E-state index < -0.39 is 10.0 Å². The van der Waals surface area contributed by atoms with Gasteiger partial charge in [-0.1, -0.05) is 24.6 Å². The number of nitrogens with zero attached hydrogens (tertiary/aromatic N) is 3. The minimum Gasteiger partial charge on any atom is -0.288 e. The maximum Gasteiger partial charge on any atom is 0.262 e. The Morgan fingerprint density at radius 2 is 2.10 bits per heavy atom. The lowest BCUT2D eigenvalue weighted by Gasteiger charge is -2.25. The zero-order chi connectivity index (χ0) is 14.9. The van der Waals surface area contributed by atoms with E-state index >= 15 is 0 Å². The summed E-state index contributed by atoms with van der Waals surface area (Å²) in [6.07, 6.45) is 2.40. The number of pyridine rings is 1. The van der Waals surface area contributed by atoms with Crippen molar-refractivity contribution in [1.82, 2.24) is 13.7 Å². The van der Waals surface area contributed by atoms with Gasteiger partial charge in [0.2, 0.25) is 0 Å². The van der Waals surface area contributed by atoms with Gasteiger partial charge in [0.05, 0.1) is 0 Å². The molecule has 2 aromatic rings. The molecule has 0 aliphatic rings. The van der Waals surface area contributed by atoms with E-state index in [9.17, 15) is 8.42 Å². The molecule has 0 radical (unpaired) electrons. The van der Waals surface area contributed by atoms with E-state index in [0.717, 1.165) is 6.42 Å². The Kier molecular flexibility index (Phi) is 4.36. The molecule has 0 aliphatic heterocycles. The predicted octanol–water partition coefficient (Wildman–Crippen LogP) is 2.80. The topological polar surface area (TPSA) is 54.7 Å². The minimum absolute atomic E-state index is 0.0120. The first-order valence-corrected chi connectivity index (χ1v) is 8.35. The van der Waals surface area contributed by atoms with Gasteiger partial charge < -0.3 is 0 Å². The molecule has 20 heavy (non-hydrogen) atoms. The summed E-state index contributed by atoms with van der Waals surface area (Å²) in [5.74, 6) is 0. The Morgan fingerprint density at radius 1 is 1.40 bits per heavy atom. The molecule has 0 aliphatic carbocycles. The highest BCUT2D eigenvalue weighted by Crippen LogP contribution is 2.26. The van der Waals surface area contributed by atoms with Crippen LogP contribution < -0.4 is 0 Å². The summed E-state index contributed by atoms with van der Waals surface area (Å²) in [5.41, 5.74) is 0.524. The van der Waals surface area contributed by atoms with Crippen LogP contribution in [0.15, 0.2) is 29.4 Å². The van der Waals surface area contributed by atoms with Crippen LogP contribution >= 0.6 is 11.6 Å². The standard InChI is InChI=1S/C13H18ClN3O2S/c1-4-8-17(10(2)3)20(18,19)13-12(14)15-11-7-5-6-9-16(11)13/h5-7,9-10H,4,8H2,1-3H3. The third-order valence-electron chi connectivity index (χ3n) is 3.02. The maximum atomic E-state index is 12.8. The van der Waals surface area contributed by atoms with Crippen LogP contribution in [-0.2, 0) is 10.0 Å². The van der Waals surface area contributed by atoms with Crippen LogP contribution in [0.5, 0.6) is 0 Å². The SMILES string of the molecule is CCCN(C(C)C)S(=O)(=O)c1c(Cl)nc2ccccn12. The van der Waals surface area contributed by atoms with E-state index in [1.165, 1.54) is 8.71 Å². The zero-order valence-corrected chi connectivity index (χ0v) is 13.3. The number of sulfonamides is 1. The number of hydrogen-bond acceptors (Lipinski definition) is 3. The second-order valence-electron chi connectivity index (χ2n) is 4.85. The van der Waals surface area contributed by atoms with Gasteiger partial charge in [0, 0.05) is 18.8 Å². The number of rotatable bonds is 5. The van der Waals surface area contributed by atoms with Crippen molar-refractivity contribution in [3.63, 3.8) is 0 Å². The van der Waals surface area contributed by atoms with Gasteiger partial charge in [-0.25, -0.2) is 13.4 Å². The lowest BCUT2D eigenvalue weighted by atomic mass is 10.4. The van der Waals surface area contributed by atoms with E-state index in [2.05, 4.69) is 4.98 Å². The van der Waals surface area contributed by atoms with Crippen molar-refractivity contribution in [2.45, 2.75) is 38.3 Å².